The molecule has 7 heteroatoms. The van der Waals surface area contributed by atoms with Crippen LogP contribution in [0, 0.1) is 10.1 Å². The van der Waals surface area contributed by atoms with Crippen LogP contribution in [0.25, 0.3) is 0 Å². The van der Waals surface area contributed by atoms with Crippen LogP contribution in [-0.2, 0) is 6.54 Å². The van der Waals surface area contributed by atoms with Crippen LogP contribution in [0.4, 0.5) is 11.4 Å². The molecule has 0 aliphatic rings. The Labute approximate surface area is 104 Å². The highest BCUT2D eigenvalue weighted by Gasteiger charge is 2.11. The lowest BCUT2D eigenvalue weighted by Crippen LogP contribution is -2.07. The number of aromatic nitrogens is 3. The van der Waals surface area contributed by atoms with Crippen molar-refractivity contribution in [3.63, 3.8) is 0 Å². The standard InChI is InChI=1S/C11H13N5O2/c17-16(18)11-8-12-4-2-10(11)14-3-1-6-15-7-5-13-9-15/h2,4-5,7-9H,1,3,6H2,(H,12,14). The molecule has 0 fully saturated rings. The van der Waals surface area contributed by atoms with Gasteiger partial charge < -0.3 is 9.88 Å². The van der Waals surface area contributed by atoms with E-state index < -0.39 is 4.92 Å². The fraction of sp³-hybridized carbons (Fsp3) is 0.273. The molecule has 2 aromatic heterocycles. The molecule has 0 aromatic carbocycles. The van der Waals surface area contributed by atoms with Gasteiger partial charge in [-0.3, -0.25) is 15.1 Å². The fourth-order valence-corrected chi connectivity index (χ4v) is 1.58. The number of aryl methyl sites for hydroxylation is 1. The van der Waals surface area contributed by atoms with Crippen molar-refractivity contribution >= 4 is 11.4 Å². The van der Waals surface area contributed by atoms with Gasteiger partial charge in [0.25, 0.3) is 0 Å². The van der Waals surface area contributed by atoms with Gasteiger partial charge in [-0.15, -0.1) is 0 Å². The highest BCUT2D eigenvalue weighted by atomic mass is 16.6. The summed E-state index contributed by atoms with van der Waals surface area (Å²) >= 11 is 0. The number of nitrogens with zero attached hydrogens (tertiary/aromatic N) is 4. The lowest BCUT2D eigenvalue weighted by Gasteiger charge is -2.06. The smallest absolute Gasteiger partial charge is 0.310 e. The van der Waals surface area contributed by atoms with Gasteiger partial charge in [-0.05, 0) is 12.5 Å². The van der Waals surface area contributed by atoms with Crippen LogP contribution in [0.15, 0.2) is 37.2 Å². The molecule has 1 N–H and O–H groups in total. The van der Waals surface area contributed by atoms with Crippen LogP contribution in [0.1, 0.15) is 6.42 Å². The van der Waals surface area contributed by atoms with Crippen molar-refractivity contribution in [2.24, 2.45) is 0 Å². The van der Waals surface area contributed by atoms with Gasteiger partial charge in [-0.2, -0.15) is 0 Å². The minimum atomic E-state index is -0.439. The Morgan fingerprint density at radius 1 is 1.39 bits per heavy atom. The molecule has 18 heavy (non-hydrogen) atoms. The molecule has 0 unspecified atom stereocenters. The Kier molecular flexibility index (Phi) is 3.85. The Balaban J connectivity index is 1.85. The molecule has 7 nitrogen and oxygen atoms in total. The summed E-state index contributed by atoms with van der Waals surface area (Å²) in [6, 6.07) is 1.61. The summed E-state index contributed by atoms with van der Waals surface area (Å²) in [6.45, 7) is 1.48. The Morgan fingerprint density at radius 3 is 3.00 bits per heavy atom. The number of hydrogen-bond donors (Lipinski definition) is 1. The number of hydrogen-bond acceptors (Lipinski definition) is 5. The maximum atomic E-state index is 10.8. The van der Waals surface area contributed by atoms with E-state index in [0.717, 1.165) is 13.0 Å². The zero-order valence-corrected chi connectivity index (χ0v) is 9.69. The number of pyridine rings is 1. The zero-order valence-electron chi connectivity index (χ0n) is 9.69. The highest BCUT2D eigenvalue weighted by Crippen LogP contribution is 2.21. The number of imidazole rings is 1. The second-order valence-electron chi connectivity index (χ2n) is 3.73. The first-order valence-electron chi connectivity index (χ1n) is 5.55. The summed E-state index contributed by atoms with van der Waals surface area (Å²) in [7, 11) is 0. The zero-order chi connectivity index (χ0) is 12.8. The van der Waals surface area contributed by atoms with Gasteiger partial charge in [-0.1, -0.05) is 0 Å². The van der Waals surface area contributed by atoms with Crippen molar-refractivity contribution in [2.45, 2.75) is 13.0 Å². The molecule has 0 aliphatic heterocycles. The van der Waals surface area contributed by atoms with Crippen molar-refractivity contribution < 1.29 is 4.92 Å². The molecule has 0 atom stereocenters. The third-order valence-electron chi connectivity index (χ3n) is 2.46. The maximum absolute atomic E-state index is 10.8. The van der Waals surface area contributed by atoms with E-state index in [9.17, 15) is 10.1 Å². The van der Waals surface area contributed by atoms with E-state index in [1.807, 2.05) is 10.8 Å². The quantitative estimate of drug-likeness (QED) is 0.477. The summed E-state index contributed by atoms with van der Waals surface area (Å²) < 4.78 is 1.96. The van der Waals surface area contributed by atoms with Gasteiger partial charge in [0.1, 0.15) is 11.9 Å². The van der Waals surface area contributed by atoms with E-state index in [-0.39, 0.29) is 5.69 Å². The van der Waals surface area contributed by atoms with E-state index >= 15 is 0 Å². The first-order chi connectivity index (χ1) is 8.77. The van der Waals surface area contributed by atoms with Crippen LogP contribution in [-0.4, -0.2) is 26.0 Å². The highest BCUT2D eigenvalue weighted by molar-refractivity contribution is 5.59. The minimum Gasteiger partial charge on any atom is -0.379 e. The van der Waals surface area contributed by atoms with E-state index in [1.165, 1.54) is 12.4 Å². The molecule has 0 amide bonds. The summed E-state index contributed by atoms with van der Waals surface area (Å²) in [6.07, 6.45) is 8.99. The summed E-state index contributed by atoms with van der Waals surface area (Å²) in [4.78, 5) is 18.0. The molecule has 2 heterocycles. The first kappa shape index (κ1) is 12.0. The SMILES string of the molecule is O=[N+]([O-])c1cnccc1NCCCn1ccnc1. The first-order valence-corrected chi connectivity index (χ1v) is 5.55. The van der Waals surface area contributed by atoms with Gasteiger partial charge in [0.2, 0.25) is 0 Å². The molecule has 0 saturated heterocycles. The number of rotatable bonds is 6. The van der Waals surface area contributed by atoms with E-state index in [4.69, 9.17) is 0 Å². The Morgan fingerprint density at radius 2 is 2.28 bits per heavy atom. The molecule has 94 valence electrons. The maximum Gasteiger partial charge on any atom is 0.310 e. The topological polar surface area (TPSA) is 85.9 Å². The van der Waals surface area contributed by atoms with Crippen molar-refractivity contribution in [3.05, 3.63) is 47.3 Å². The Hall–Kier alpha value is -2.44. The van der Waals surface area contributed by atoms with Crippen LogP contribution >= 0.6 is 0 Å². The van der Waals surface area contributed by atoms with Crippen LogP contribution in [0.2, 0.25) is 0 Å². The monoisotopic (exact) mass is 247 g/mol. The van der Waals surface area contributed by atoms with Crippen molar-refractivity contribution in [3.8, 4) is 0 Å². The van der Waals surface area contributed by atoms with Crippen molar-refractivity contribution in [1.82, 2.24) is 14.5 Å². The average Bonchev–Trinajstić information content (AvgIpc) is 2.88. The van der Waals surface area contributed by atoms with E-state index in [2.05, 4.69) is 15.3 Å². The molecule has 0 aliphatic carbocycles. The second kappa shape index (κ2) is 5.76. The van der Waals surface area contributed by atoms with Gasteiger partial charge in [0.15, 0.2) is 0 Å². The predicted octanol–water partition coefficient (Wildman–Crippen LogP) is 1.69. The normalized spacial score (nSPS) is 10.2. The number of nitro groups is 1. The molecule has 0 saturated carbocycles. The third-order valence-corrected chi connectivity index (χ3v) is 2.46. The van der Waals surface area contributed by atoms with Crippen molar-refractivity contribution in [2.75, 3.05) is 11.9 Å². The van der Waals surface area contributed by atoms with Crippen LogP contribution in [0.5, 0.6) is 0 Å². The van der Waals surface area contributed by atoms with E-state index in [0.29, 0.717) is 12.2 Å². The summed E-state index contributed by atoms with van der Waals surface area (Å²) in [5.41, 5.74) is 0.501. The fourth-order valence-electron chi connectivity index (χ4n) is 1.58. The molecule has 0 bridgehead atoms. The Bertz CT molecular complexity index is 512. The predicted molar refractivity (Wildman–Crippen MR) is 66.2 cm³/mol. The lowest BCUT2D eigenvalue weighted by atomic mass is 10.3. The van der Waals surface area contributed by atoms with Gasteiger partial charge in [0.05, 0.1) is 11.3 Å². The van der Waals surface area contributed by atoms with Gasteiger partial charge >= 0.3 is 5.69 Å². The molecular formula is C11H13N5O2. The molecule has 0 spiro atoms. The van der Waals surface area contributed by atoms with E-state index in [1.54, 1.807) is 18.6 Å². The second-order valence-corrected chi connectivity index (χ2v) is 3.73. The summed E-state index contributed by atoms with van der Waals surface area (Å²) in [5, 5.41) is 13.8. The van der Waals surface area contributed by atoms with Gasteiger partial charge in [0, 0.05) is 31.7 Å². The molecular weight excluding hydrogens is 234 g/mol. The van der Waals surface area contributed by atoms with Crippen molar-refractivity contribution in [1.29, 1.82) is 0 Å². The molecule has 0 radical (unpaired) electrons. The molecule has 2 aromatic rings. The van der Waals surface area contributed by atoms with Crippen LogP contribution < -0.4 is 5.32 Å². The minimum absolute atomic E-state index is 0.000121. The van der Waals surface area contributed by atoms with Crippen LogP contribution in [0.3, 0.4) is 0 Å². The third kappa shape index (κ3) is 3.03. The summed E-state index contributed by atoms with van der Waals surface area (Å²) in [5.74, 6) is 0. The molecule has 2 rings (SSSR count). The number of anilines is 1. The largest absolute Gasteiger partial charge is 0.379 e. The lowest BCUT2D eigenvalue weighted by molar-refractivity contribution is -0.384. The van der Waals surface area contributed by atoms with Gasteiger partial charge in [-0.25, -0.2) is 4.98 Å². The average molecular weight is 247 g/mol. The number of nitrogens with one attached hydrogen (secondary N) is 1.